The molecule has 0 bridgehead atoms. The molecule has 0 aromatic heterocycles. The van der Waals surface area contributed by atoms with Crippen LogP contribution in [0, 0.1) is 10.1 Å². The maximum absolute atomic E-state index is 11.7. The number of ether oxygens (including phenoxy) is 1. The van der Waals surface area contributed by atoms with Crippen molar-refractivity contribution < 1.29 is 14.5 Å². The van der Waals surface area contributed by atoms with E-state index < -0.39 is 11.0 Å². The number of rotatable bonds is 14. The summed E-state index contributed by atoms with van der Waals surface area (Å²) in [7, 11) is 0. The van der Waals surface area contributed by atoms with Crippen LogP contribution < -0.4 is 5.32 Å². The number of unbranched alkanes of at least 4 members (excludes halogenated alkanes) is 9. The third kappa shape index (κ3) is 11.0. The number of nitro benzene ring substituents is 1. The first kappa shape index (κ1) is 23.4. The summed E-state index contributed by atoms with van der Waals surface area (Å²) in [6.07, 6.45) is 11.9. The van der Waals surface area contributed by atoms with Crippen LogP contribution >= 0.6 is 15.9 Å². The zero-order valence-corrected chi connectivity index (χ0v) is 17.8. The fourth-order valence-electron chi connectivity index (χ4n) is 2.83. The second kappa shape index (κ2) is 14.4. The minimum atomic E-state index is -0.539. The predicted molar refractivity (Wildman–Crippen MR) is 111 cm³/mol. The average molecular weight is 443 g/mol. The summed E-state index contributed by atoms with van der Waals surface area (Å²) in [5, 5.41) is 13.7. The van der Waals surface area contributed by atoms with Crippen molar-refractivity contribution in [3.05, 3.63) is 38.3 Å². The van der Waals surface area contributed by atoms with E-state index in [1.165, 1.54) is 57.4 Å². The lowest BCUT2D eigenvalue weighted by Crippen LogP contribution is -2.25. The molecule has 1 N–H and O–H groups in total. The Hall–Kier alpha value is -1.63. The minimum absolute atomic E-state index is 0.0631. The molecule has 152 valence electrons. The standard InChI is InChI=1S/C20H31BrN2O4/c1-2-3-4-5-6-7-8-9-10-11-14-22-20(24)27-16-17-12-13-18(21)15-19(17)23(25)26/h12-13,15H,2-11,14,16H2,1H3,(H,22,24). The second-order valence-electron chi connectivity index (χ2n) is 6.72. The van der Waals surface area contributed by atoms with Crippen LogP contribution in [0.15, 0.2) is 22.7 Å². The van der Waals surface area contributed by atoms with Crippen LogP contribution in [0.2, 0.25) is 0 Å². The van der Waals surface area contributed by atoms with Gasteiger partial charge in [-0.15, -0.1) is 0 Å². The Kier molecular flexibility index (Phi) is 12.5. The van der Waals surface area contributed by atoms with Gasteiger partial charge in [-0.1, -0.05) is 80.6 Å². The monoisotopic (exact) mass is 442 g/mol. The van der Waals surface area contributed by atoms with E-state index in [0.29, 0.717) is 16.6 Å². The number of carbonyl (C=O) groups excluding carboxylic acids is 1. The summed E-state index contributed by atoms with van der Waals surface area (Å²) in [4.78, 5) is 22.3. The number of nitrogens with one attached hydrogen (secondary N) is 1. The van der Waals surface area contributed by atoms with Crippen molar-refractivity contribution in [1.82, 2.24) is 5.32 Å². The highest BCUT2D eigenvalue weighted by Gasteiger charge is 2.15. The maximum atomic E-state index is 11.7. The Labute approximate surface area is 170 Å². The molecule has 1 aromatic carbocycles. The molecule has 1 rings (SSSR count). The summed E-state index contributed by atoms with van der Waals surface area (Å²) in [6.45, 7) is 2.68. The largest absolute Gasteiger partial charge is 0.444 e. The smallest absolute Gasteiger partial charge is 0.407 e. The maximum Gasteiger partial charge on any atom is 0.407 e. The SMILES string of the molecule is CCCCCCCCCCCCNC(=O)OCc1ccc(Br)cc1[N+](=O)[O-]. The van der Waals surface area contributed by atoms with Gasteiger partial charge >= 0.3 is 6.09 Å². The summed E-state index contributed by atoms with van der Waals surface area (Å²) >= 11 is 3.20. The first-order valence-corrected chi connectivity index (χ1v) is 10.7. The molecule has 1 aromatic rings. The minimum Gasteiger partial charge on any atom is -0.444 e. The number of hydrogen-bond acceptors (Lipinski definition) is 4. The third-order valence-corrected chi connectivity index (χ3v) is 4.90. The van der Waals surface area contributed by atoms with Crippen molar-refractivity contribution in [2.24, 2.45) is 0 Å². The van der Waals surface area contributed by atoms with Gasteiger partial charge in [0.1, 0.15) is 6.61 Å². The molecule has 0 radical (unpaired) electrons. The number of nitrogens with zero attached hydrogens (tertiary/aromatic N) is 1. The van der Waals surface area contributed by atoms with Crippen molar-refractivity contribution in [2.75, 3.05) is 6.54 Å². The molecule has 7 heteroatoms. The lowest BCUT2D eigenvalue weighted by Gasteiger charge is -2.08. The van der Waals surface area contributed by atoms with E-state index in [2.05, 4.69) is 28.2 Å². The second-order valence-corrected chi connectivity index (χ2v) is 7.63. The quantitative estimate of drug-likeness (QED) is 0.202. The zero-order chi connectivity index (χ0) is 19.9. The highest BCUT2D eigenvalue weighted by molar-refractivity contribution is 9.10. The highest BCUT2D eigenvalue weighted by Crippen LogP contribution is 2.24. The average Bonchev–Trinajstić information content (AvgIpc) is 2.65. The lowest BCUT2D eigenvalue weighted by molar-refractivity contribution is -0.385. The van der Waals surface area contributed by atoms with Crippen LogP contribution in [0.5, 0.6) is 0 Å². The molecular weight excluding hydrogens is 412 g/mol. The van der Waals surface area contributed by atoms with E-state index in [-0.39, 0.29) is 12.3 Å². The van der Waals surface area contributed by atoms with Gasteiger partial charge in [0.15, 0.2) is 0 Å². The van der Waals surface area contributed by atoms with Gasteiger partial charge in [0.05, 0.1) is 10.5 Å². The van der Waals surface area contributed by atoms with Gasteiger partial charge in [-0.25, -0.2) is 4.79 Å². The molecule has 0 spiro atoms. The van der Waals surface area contributed by atoms with E-state index in [1.54, 1.807) is 12.1 Å². The predicted octanol–water partition coefficient (Wildman–Crippen LogP) is 6.50. The van der Waals surface area contributed by atoms with Gasteiger partial charge in [-0.2, -0.15) is 0 Å². The molecule has 0 heterocycles. The number of nitro groups is 1. The van der Waals surface area contributed by atoms with Crippen molar-refractivity contribution in [3.8, 4) is 0 Å². The fraction of sp³-hybridized carbons (Fsp3) is 0.650. The Balaban J connectivity index is 2.08. The first-order chi connectivity index (χ1) is 13.0. The van der Waals surface area contributed by atoms with E-state index >= 15 is 0 Å². The van der Waals surface area contributed by atoms with Crippen LogP contribution in [0.3, 0.4) is 0 Å². The number of amides is 1. The van der Waals surface area contributed by atoms with Gasteiger partial charge in [0.25, 0.3) is 5.69 Å². The summed E-state index contributed by atoms with van der Waals surface area (Å²) < 4.78 is 5.70. The molecule has 1 amide bonds. The molecule has 0 fully saturated rings. The number of halogens is 1. The molecule has 27 heavy (non-hydrogen) atoms. The van der Waals surface area contributed by atoms with Crippen LogP contribution in [-0.2, 0) is 11.3 Å². The van der Waals surface area contributed by atoms with Crippen LogP contribution in [-0.4, -0.2) is 17.6 Å². The Morgan fingerprint density at radius 2 is 1.67 bits per heavy atom. The summed E-state index contributed by atoms with van der Waals surface area (Å²) in [5.41, 5.74) is 0.309. The Morgan fingerprint density at radius 3 is 2.26 bits per heavy atom. The molecule has 0 saturated carbocycles. The number of benzene rings is 1. The van der Waals surface area contributed by atoms with Gasteiger partial charge in [0, 0.05) is 17.1 Å². The molecular formula is C20H31BrN2O4. The van der Waals surface area contributed by atoms with Gasteiger partial charge in [-0.05, 0) is 18.6 Å². The van der Waals surface area contributed by atoms with Crippen molar-refractivity contribution in [3.63, 3.8) is 0 Å². The highest BCUT2D eigenvalue weighted by atomic mass is 79.9. The number of hydrogen-bond donors (Lipinski definition) is 1. The number of carbonyl (C=O) groups is 1. The normalized spacial score (nSPS) is 10.6. The van der Waals surface area contributed by atoms with E-state index in [4.69, 9.17) is 4.74 Å². The van der Waals surface area contributed by atoms with E-state index in [9.17, 15) is 14.9 Å². The summed E-state index contributed by atoms with van der Waals surface area (Å²) in [6, 6.07) is 4.67. The van der Waals surface area contributed by atoms with Crippen molar-refractivity contribution >= 4 is 27.7 Å². The van der Waals surface area contributed by atoms with Gasteiger partial charge < -0.3 is 10.1 Å². The van der Waals surface area contributed by atoms with E-state index in [0.717, 1.165) is 12.8 Å². The van der Waals surface area contributed by atoms with E-state index in [1.807, 2.05) is 0 Å². The topological polar surface area (TPSA) is 81.5 Å². The molecule has 6 nitrogen and oxygen atoms in total. The Morgan fingerprint density at radius 1 is 1.07 bits per heavy atom. The fourth-order valence-corrected chi connectivity index (χ4v) is 3.18. The third-order valence-electron chi connectivity index (χ3n) is 4.40. The van der Waals surface area contributed by atoms with Crippen molar-refractivity contribution in [1.29, 1.82) is 0 Å². The van der Waals surface area contributed by atoms with Gasteiger partial charge in [-0.3, -0.25) is 10.1 Å². The van der Waals surface area contributed by atoms with Crippen LogP contribution in [0.4, 0.5) is 10.5 Å². The van der Waals surface area contributed by atoms with Crippen molar-refractivity contribution in [2.45, 2.75) is 77.7 Å². The zero-order valence-electron chi connectivity index (χ0n) is 16.2. The lowest BCUT2D eigenvalue weighted by atomic mass is 10.1. The van der Waals surface area contributed by atoms with Gasteiger partial charge in [0.2, 0.25) is 0 Å². The van der Waals surface area contributed by atoms with Crippen LogP contribution in [0.25, 0.3) is 0 Å². The molecule has 0 unspecified atom stereocenters. The Bertz CT molecular complexity index is 581. The molecule has 0 atom stereocenters. The summed E-state index contributed by atoms with van der Waals surface area (Å²) in [5.74, 6) is 0. The molecule has 0 saturated heterocycles. The number of alkyl carbamates (subject to hydrolysis) is 1. The molecule has 0 aliphatic heterocycles. The molecule has 0 aliphatic carbocycles. The molecule has 0 aliphatic rings. The first-order valence-electron chi connectivity index (χ1n) is 9.88. The van der Waals surface area contributed by atoms with Crippen LogP contribution in [0.1, 0.15) is 76.7 Å².